The first kappa shape index (κ1) is 62.0. The molecular formula is C81H32F3N15. The summed E-state index contributed by atoms with van der Waals surface area (Å²) in [6.45, 7) is 49.9. The molecule has 0 amide bonds. The molecule has 0 saturated carbocycles. The first-order valence-corrected chi connectivity index (χ1v) is 29.4. The Labute approximate surface area is 562 Å². The van der Waals surface area contributed by atoms with E-state index in [9.17, 15) is 50.0 Å². The summed E-state index contributed by atoms with van der Waals surface area (Å²) >= 11 is 0. The molecule has 18 heteroatoms. The van der Waals surface area contributed by atoms with Gasteiger partial charge in [0.1, 0.15) is 0 Å². The van der Waals surface area contributed by atoms with Crippen molar-refractivity contribution in [2.45, 2.75) is 13.1 Å². The van der Waals surface area contributed by atoms with Crippen LogP contribution in [0.1, 0.15) is 50.1 Å². The maximum atomic E-state index is 14.9. The van der Waals surface area contributed by atoms with Gasteiger partial charge in [0.05, 0.1) is 138 Å². The van der Waals surface area contributed by atoms with E-state index in [1.807, 2.05) is 21.3 Å². The Bertz CT molecular complexity index is 6040. The zero-order chi connectivity index (χ0) is 69.7. The summed E-state index contributed by atoms with van der Waals surface area (Å²) in [4.78, 5) is 22.0. The van der Waals surface area contributed by atoms with E-state index in [1.54, 1.807) is 122 Å². The number of nitriles is 7. The number of nitrogens with zero attached hydrogens (tertiary/aromatic N) is 15. The molecule has 0 aliphatic heterocycles. The molecule has 0 unspecified atom stereocenters. The molecule has 2 heterocycles. The summed E-state index contributed by atoms with van der Waals surface area (Å²) in [5.41, 5.74) is 6.86. The van der Waals surface area contributed by atoms with Crippen molar-refractivity contribution in [2.24, 2.45) is 0 Å². The maximum Gasteiger partial charge on any atom is 0.416 e. The lowest BCUT2D eigenvalue weighted by molar-refractivity contribution is -0.137. The number of aryl methyl sites for hydroxylation is 1. The van der Waals surface area contributed by atoms with Crippen molar-refractivity contribution in [2.75, 3.05) is 0 Å². The van der Waals surface area contributed by atoms with Gasteiger partial charge in [0.15, 0.2) is 34.1 Å². The normalized spacial score (nSPS) is 10.7. The number of fused-ring (bicyclic) bond motifs is 6. The molecule has 0 atom stereocenters. The number of aromatic nitrogens is 2. The highest BCUT2D eigenvalue weighted by Crippen LogP contribution is 2.49. The molecule has 0 radical (unpaired) electrons. The summed E-state index contributed by atoms with van der Waals surface area (Å²) < 4.78 is 48.4. The first-order chi connectivity index (χ1) is 48.0. The van der Waals surface area contributed by atoms with Crippen molar-refractivity contribution in [3.05, 3.63) is 294 Å². The average Bonchev–Trinajstić information content (AvgIpc) is 1.59. The summed E-state index contributed by atoms with van der Waals surface area (Å²) in [6, 6.07) is 61.0. The van der Waals surface area contributed by atoms with Gasteiger partial charge in [0.2, 0.25) is 0 Å². The van der Waals surface area contributed by atoms with Crippen LogP contribution in [0.4, 0.5) is 47.3 Å². The molecule has 13 aromatic rings. The minimum Gasteiger partial charge on any atom is -0.309 e. The largest absolute Gasteiger partial charge is 0.416 e. The van der Waals surface area contributed by atoms with Crippen LogP contribution in [0.25, 0.3) is 151 Å². The van der Waals surface area contributed by atoms with Gasteiger partial charge in [-0.3, -0.25) is 0 Å². The van der Waals surface area contributed by atoms with Gasteiger partial charge in [-0.25, -0.2) is 29.1 Å². The Morgan fingerprint density at radius 3 is 1.08 bits per heavy atom. The number of halogens is 3. The highest BCUT2D eigenvalue weighted by molar-refractivity contribution is 6.15. The minimum absolute atomic E-state index is 0.0177. The Hall–Kier alpha value is -15.8. The van der Waals surface area contributed by atoms with E-state index in [-0.39, 0.29) is 101 Å². The maximum absolute atomic E-state index is 14.9. The summed E-state index contributed by atoms with van der Waals surface area (Å²) in [5, 5.41) is 75.1. The Morgan fingerprint density at radius 1 is 0.323 bits per heavy atom. The third-order valence-corrected chi connectivity index (χ3v) is 17.2. The van der Waals surface area contributed by atoms with Gasteiger partial charge < -0.3 is 9.13 Å². The number of benzene rings is 11. The lowest BCUT2D eigenvalue weighted by Gasteiger charge is -2.21. The SMILES string of the molecule is [C-]#[N+]c1cc(C#N)c(-c2ccc3c(c2)c2cc(-c4c(C#N)cc(C#N)cc4[N+]#[C-])ccc2n3-c2ccc(-c3cc(C)cc(C(F)(F)F)c3)cc2-c2ccc(C#N)cc2-n2c3ccc(-c4c(C#N)cc(C#N)cc4[N+]#[C-])cc3c3cc(-c4c(C#N)cc([N+]#[C-])cc4[N+]#[C-])ccc32)c([N+]#[C-])c1. The zero-order valence-electron chi connectivity index (χ0n) is 51.1. The molecule has 11 aromatic carbocycles. The van der Waals surface area contributed by atoms with Gasteiger partial charge in [-0.2, -0.15) is 50.0 Å². The van der Waals surface area contributed by atoms with E-state index in [4.69, 9.17) is 39.4 Å². The van der Waals surface area contributed by atoms with Crippen LogP contribution in [0, 0.1) is 126 Å². The van der Waals surface area contributed by atoms with Crippen molar-refractivity contribution in [3.8, 4) is 121 Å². The molecule has 15 nitrogen and oxygen atoms in total. The zero-order valence-corrected chi connectivity index (χ0v) is 51.1. The molecule has 99 heavy (non-hydrogen) atoms. The van der Waals surface area contributed by atoms with E-state index < -0.39 is 11.7 Å². The van der Waals surface area contributed by atoms with Crippen LogP contribution in [0.15, 0.2) is 176 Å². The van der Waals surface area contributed by atoms with Gasteiger partial charge in [-0.1, -0.05) is 54.6 Å². The fraction of sp³-hybridized carbons (Fsp3) is 0.0247. The van der Waals surface area contributed by atoms with E-state index in [1.165, 1.54) is 48.5 Å². The van der Waals surface area contributed by atoms with E-state index in [0.717, 1.165) is 12.1 Å². The van der Waals surface area contributed by atoms with E-state index in [0.29, 0.717) is 99.5 Å². The van der Waals surface area contributed by atoms with Crippen LogP contribution in [0.2, 0.25) is 0 Å². The van der Waals surface area contributed by atoms with Crippen LogP contribution in [-0.4, -0.2) is 9.13 Å². The van der Waals surface area contributed by atoms with Crippen LogP contribution < -0.4 is 0 Å². The number of rotatable bonds is 8. The fourth-order valence-electron chi connectivity index (χ4n) is 13.1. The van der Waals surface area contributed by atoms with Gasteiger partial charge in [0, 0.05) is 77.2 Å². The number of alkyl halides is 3. The van der Waals surface area contributed by atoms with E-state index >= 15 is 0 Å². The molecule has 13 rings (SSSR count). The lowest BCUT2D eigenvalue weighted by atomic mass is 9.93. The highest BCUT2D eigenvalue weighted by atomic mass is 19.4. The molecule has 0 aliphatic rings. The lowest BCUT2D eigenvalue weighted by Crippen LogP contribution is -2.05. The predicted molar refractivity (Wildman–Crippen MR) is 368 cm³/mol. The van der Waals surface area contributed by atoms with Crippen molar-refractivity contribution in [1.82, 2.24) is 9.13 Å². The topological polar surface area (TPSA) is 203 Å². The quantitative estimate of drug-likeness (QED) is 0.135. The summed E-state index contributed by atoms with van der Waals surface area (Å²) in [6.07, 6.45) is -4.74. The molecule has 0 saturated heterocycles. The van der Waals surface area contributed by atoms with Crippen LogP contribution >= 0.6 is 0 Å². The van der Waals surface area contributed by atoms with Crippen LogP contribution in [-0.2, 0) is 6.18 Å². The Morgan fingerprint density at radius 2 is 0.707 bits per heavy atom. The van der Waals surface area contributed by atoms with Crippen molar-refractivity contribution < 1.29 is 13.2 Å². The third-order valence-electron chi connectivity index (χ3n) is 17.2. The monoisotopic (exact) mass is 1270 g/mol. The number of hydrogen-bond acceptors (Lipinski definition) is 7. The predicted octanol–water partition coefficient (Wildman–Crippen LogP) is 21.6. The average molecular weight is 1270 g/mol. The van der Waals surface area contributed by atoms with Crippen molar-refractivity contribution in [3.63, 3.8) is 0 Å². The smallest absolute Gasteiger partial charge is 0.309 e. The van der Waals surface area contributed by atoms with Crippen molar-refractivity contribution >= 4 is 77.7 Å². The molecule has 0 N–H and O–H groups in total. The van der Waals surface area contributed by atoms with Gasteiger partial charge in [0.25, 0.3) is 0 Å². The molecule has 0 bridgehead atoms. The van der Waals surface area contributed by atoms with Gasteiger partial charge in [-0.05, 0) is 167 Å². The first-order valence-electron chi connectivity index (χ1n) is 29.4. The summed E-state index contributed by atoms with van der Waals surface area (Å²) in [7, 11) is 0. The van der Waals surface area contributed by atoms with Gasteiger partial charge >= 0.3 is 6.18 Å². The second kappa shape index (κ2) is 24.3. The fourth-order valence-corrected chi connectivity index (χ4v) is 13.1. The van der Waals surface area contributed by atoms with Crippen LogP contribution in [0.3, 0.4) is 0 Å². The van der Waals surface area contributed by atoms with Gasteiger partial charge in [-0.15, -0.1) is 0 Å². The van der Waals surface area contributed by atoms with Crippen molar-refractivity contribution in [1.29, 1.82) is 36.8 Å². The second-order valence-electron chi connectivity index (χ2n) is 22.7. The molecule has 2 aromatic heterocycles. The third kappa shape index (κ3) is 10.3. The molecule has 452 valence electrons. The molecule has 0 spiro atoms. The highest BCUT2D eigenvalue weighted by Gasteiger charge is 2.32. The molecule has 0 fully saturated rings. The molecular weight excluding hydrogens is 1240 g/mol. The minimum atomic E-state index is -4.74. The number of hydrogen-bond donors (Lipinski definition) is 0. The molecule has 0 aliphatic carbocycles. The Kier molecular flexibility index (Phi) is 15.2. The Balaban J connectivity index is 1.17. The van der Waals surface area contributed by atoms with E-state index in [2.05, 4.69) is 59.4 Å². The summed E-state index contributed by atoms with van der Waals surface area (Å²) in [5.74, 6) is 0. The standard InChI is InChI=1S/C81H32F3N15/c1-44-20-53(27-58(21-44)81(82,83)84)48-9-15-71(98-72-16-10-49(77-54(40-88)22-46(38-86)24-67(77)94-4)31-63(72)64-33-51(11-17-73(64)98)79-56(42-90)28-59(92-2)35-69(79)96-6)62(30-48)61-14-8-45(37-85)26-76(61)99-74-18-12-50(78-55(41-89)23-47(39-87)25-68(78)95-5)32-65(74)66-34-52(13-19-75(66)99)80-57(43-91)29-60(93-3)36-70(80)97-7/h8-36H,1H3. The van der Waals surface area contributed by atoms with Crippen LogP contribution in [0.5, 0.6) is 0 Å². The second-order valence-corrected chi connectivity index (χ2v) is 22.7.